The number of carbonyl (C=O) groups is 2. The van der Waals surface area contributed by atoms with E-state index in [1.807, 2.05) is 6.92 Å². The van der Waals surface area contributed by atoms with Crippen molar-refractivity contribution in [3.8, 4) is 5.88 Å². The summed E-state index contributed by atoms with van der Waals surface area (Å²) >= 11 is 0. The maximum Gasteiger partial charge on any atom is 0.272 e. The Bertz CT molecular complexity index is 583. The number of hydrogen-bond acceptors (Lipinski definition) is 4. The van der Waals surface area contributed by atoms with Gasteiger partial charge in [0.15, 0.2) is 6.61 Å². The zero-order valence-electron chi connectivity index (χ0n) is 13.5. The number of ether oxygens (including phenoxy) is 1. The van der Waals surface area contributed by atoms with Gasteiger partial charge in [-0.25, -0.2) is 8.78 Å². The van der Waals surface area contributed by atoms with Crippen LogP contribution in [0.5, 0.6) is 5.88 Å². The number of halogens is 2. The van der Waals surface area contributed by atoms with Gasteiger partial charge < -0.3 is 15.0 Å². The molecule has 0 spiro atoms. The molecule has 1 aliphatic rings. The number of carbonyl (C=O) groups excluding carboxylic acids is 2. The van der Waals surface area contributed by atoms with Crippen molar-refractivity contribution >= 4 is 17.6 Å². The fourth-order valence-corrected chi connectivity index (χ4v) is 2.62. The molecule has 1 saturated heterocycles. The van der Waals surface area contributed by atoms with Crippen LogP contribution in [0.3, 0.4) is 0 Å². The van der Waals surface area contributed by atoms with E-state index in [0.29, 0.717) is 19.4 Å². The van der Waals surface area contributed by atoms with Crippen molar-refractivity contribution in [1.82, 2.24) is 9.88 Å². The van der Waals surface area contributed by atoms with Gasteiger partial charge in [0, 0.05) is 19.0 Å². The Labute approximate surface area is 139 Å². The molecular weight excluding hydrogens is 320 g/mol. The van der Waals surface area contributed by atoms with Crippen molar-refractivity contribution in [3.05, 3.63) is 18.2 Å². The monoisotopic (exact) mass is 341 g/mol. The second-order valence-electron chi connectivity index (χ2n) is 5.55. The zero-order chi connectivity index (χ0) is 17.5. The van der Waals surface area contributed by atoms with E-state index in [1.165, 1.54) is 6.07 Å². The van der Waals surface area contributed by atoms with E-state index in [4.69, 9.17) is 4.74 Å². The van der Waals surface area contributed by atoms with Crippen molar-refractivity contribution in [2.75, 3.05) is 18.5 Å². The van der Waals surface area contributed by atoms with Crippen LogP contribution in [-0.4, -0.2) is 47.3 Å². The highest BCUT2D eigenvalue weighted by atomic mass is 19.3. The summed E-state index contributed by atoms with van der Waals surface area (Å²) in [4.78, 5) is 30.0. The predicted octanol–water partition coefficient (Wildman–Crippen LogP) is 2.46. The van der Waals surface area contributed by atoms with Gasteiger partial charge in [-0.05, 0) is 25.3 Å². The second-order valence-corrected chi connectivity index (χ2v) is 5.55. The minimum Gasteiger partial charge on any atom is -0.472 e. The first-order valence-corrected chi connectivity index (χ1v) is 7.99. The van der Waals surface area contributed by atoms with Crippen LogP contribution in [-0.2, 0) is 9.59 Å². The van der Waals surface area contributed by atoms with E-state index in [1.54, 1.807) is 17.0 Å². The molecule has 8 heteroatoms. The Morgan fingerprint density at radius 3 is 2.96 bits per heavy atom. The Morgan fingerprint density at radius 2 is 2.25 bits per heavy atom. The Kier molecular flexibility index (Phi) is 6.45. The van der Waals surface area contributed by atoms with Crippen molar-refractivity contribution in [3.63, 3.8) is 0 Å². The van der Waals surface area contributed by atoms with E-state index in [9.17, 15) is 18.4 Å². The molecule has 24 heavy (non-hydrogen) atoms. The van der Waals surface area contributed by atoms with E-state index < -0.39 is 19.1 Å². The molecule has 0 aromatic carbocycles. The fourth-order valence-electron chi connectivity index (χ4n) is 2.62. The molecule has 1 aromatic rings. The number of amides is 2. The summed E-state index contributed by atoms with van der Waals surface area (Å²) < 4.78 is 29.1. The van der Waals surface area contributed by atoms with Crippen LogP contribution in [0.2, 0.25) is 0 Å². The lowest BCUT2D eigenvalue weighted by Gasteiger charge is -2.23. The van der Waals surface area contributed by atoms with Crippen LogP contribution in [0.1, 0.15) is 32.6 Å². The number of rotatable bonds is 7. The molecule has 132 valence electrons. The van der Waals surface area contributed by atoms with Gasteiger partial charge in [0.25, 0.3) is 6.43 Å². The van der Waals surface area contributed by atoms with Gasteiger partial charge in [0.05, 0.1) is 0 Å². The molecule has 2 heterocycles. The number of nitrogens with zero attached hydrogens (tertiary/aromatic N) is 2. The van der Waals surface area contributed by atoms with Gasteiger partial charge in [0.2, 0.25) is 17.7 Å². The lowest BCUT2D eigenvalue weighted by atomic mass is 10.2. The molecule has 1 N–H and O–H groups in total. The van der Waals surface area contributed by atoms with Gasteiger partial charge in [-0.15, -0.1) is 0 Å². The molecule has 2 rings (SSSR count). The summed E-state index contributed by atoms with van der Waals surface area (Å²) in [6.07, 6.45) is -0.0728. The van der Waals surface area contributed by atoms with Crippen LogP contribution >= 0.6 is 0 Å². The molecule has 1 fully saturated rings. The predicted molar refractivity (Wildman–Crippen MR) is 84.0 cm³/mol. The Hall–Kier alpha value is -2.25. The lowest BCUT2D eigenvalue weighted by Crippen LogP contribution is -2.43. The highest BCUT2D eigenvalue weighted by Gasteiger charge is 2.33. The van der Waals surface area contributed by atoms with Crippen LogP contribution in [0, 0.1) is 0 Å². The van der Waals surface area contributed by atoms with E-state index >= 15 is 0 Å². The largest absolute Gasteiger partial charge is 0.472 e. The summed E-state index contributed by atoms with van der Waals surface area (Å²) in [5, 5.41) is 2.63. The number of anilines is 1. The third-order valence-electron chi connectivity index (χ3n) is 3.67. The molecule has 0 bridgehead atoms. The van der Waals surface area contributed by atoms with Crippen LogP contribution in [0.4, 0.5) is 14.6 Å². The third-order valence-corrected chi connectivity index (χ3v) is 3.67. The van der Waals surface area contributed by atoms with Crippen molar-refractivity contribution in [2.45, 2.75) is 45.1 Å². The van der Waals surface area contributed by atoms with Gasteiger partial charge in [0.1, 0.15) is 11.9 Å². The van der Waals surface area contributed by atoms with Crippen molar-refractivity contribution in [1.29, 1.82) is 0 Å². The fraction of sp³-hybridized carbons (Fsp3) is 0.562. The summed E-state index contributed by atoms with van der Waals surface area (Å²) in [6.45, 7) is 1.73. The minimum atomic E-state index is -2.60. The minimum absolute atomic E-state index is 0.0124. The second kappa shape index (κ2) is 8.56. The molecule has 1 unspecified atom stereocenters. The summed E-state index contributed by atoms with van der Waals surface area (Å²) in [5.74, 6) is -0.132. The van der Waals surface area contributed by atoms with Crippen LogP contribution in [0.25, 0.3) is 0 Å². The molecule has 1 aromatic heterocycles. The summed E-state index contributed by atoms with van der Waals surface area (Å²) in [5.41, 5.74) is 0. The highest BCUT2D eigenvalue weighted by molar-refractivity contribution is 5.96. The SMILES string of the molecule is CCCC(=O)N1CCCC1C(=O)Nc1cccc(OCC(F)F)n1. The van der Waals surface area contributed by atoms with Crippen molar-refractivity contribution < 1.29 is 23.1 Å². The molecule has 1 atom stereocenters. The number of hydrogen-bond donors (Lipinski definition) is 1. The van der Waals surface area contributed by atoms with Gasteiger partial charge in [-0.2, -0.15) is 4.98 Å². The molecule has 2 amide bonds. The van der Waals surface area contributed by atoms with E-state index in [-0.39, 0.29) is 23.5 Å². The summed E-state index contributed by atoms with van der Waals surface area (Å²) in [6, 6.07) is 4.01. The molecule has 0 radical (unpaired) electrons. The summed E-state index contributed by atoms with van der Waals surface area (Å²) in [7, 11) is 0. The number of nitrogens with one attached hydrogen (secondary N) is 1. The number of aromatic nitrogens is 1. The lowest BCUT2D eigenvalue weighted by molar-refractivity contribution is -0.136. The molecule has 0 saturated carbocycles. The van der Waals surface area contributed by atoms with Crippen LogP contribution < -0.4 is 10.1 Å². The maximum absolute atomic E-state index is 12.4. The topological polar surface area (TPSA) is 71.5 Å². The standard InChI is InChI=1S/C16H21F2N3O3/c1-2-5-15(22)21-9-4-6-11(21)16(23)20-13-7-3-8-14(19-13)24-10-12(17)18/h3,7-8,11-12H,2,4-6,9-10H2,1H3,(H,19,20,23). The molecule has 0 aliphatic carbocycles. The van der Waals surface area contributed by atoms with Gasteiger partial charge >= 0.3 is 0 Å². The van der Waals surface area contributed by atoms with Crippen molar-refractivity contribution in [2.24, 2.45) is 0 Å². The Balaban J connectivity index is 1.98. The third kappa shape index (κ3) is 4.87. The van der Waals surface area contributed by atoms with E-state index in [2.05, 4.69) is 10.3 Å². The number of alkyl halides is 2. The van der Waals surface area contributed by atoms with Gasteiger partial charge in [-0.1, -0.05) is 13.0 Å². The van der Waals surface area contributed by atoms with E-state index in [0.717, 1.165) is 12.8 Å². The average Bonchev–Trinajstić information content (AvgIpc) is 3.03. The molecule has 6 nitrogen and oxygen atoms in total. The molecular formula is C16H21F2N3O3. The maximum atomic E-state index is 12.4. The molecule has 1 aliphatic heterocycles. The average molecular weight is 341 g/mol. The number of likely N-dealkylation sites (tertiary alicyclic amines) is 1. The Morgan fingerprint density at radius 1 is 1.46 bits per heavy atom. The highest BCUT2D eigenvalue weighted by Crippen LogP contribution is 2.21. The first kappa shape index (κ1) is 18.1. The number of pyridine rings is 1. The quantitative estimate of drug-likeness (QED) is 0.827. The zero-order valence-corrected chi connectivity index (χ0v) is 13.5. The first-order valence-electron chi connectivity index (χ1n) is 7.99. The van der Waals surface area contributed by atoms with Gasteiger partial charge in [-0.3, -0.25) is 9.59 Å². The normalized spacial score (nSPS) is 17.2. The van der Waals surface area contributed by atoms with Crippen LogP contribution in [0.15, 0.2) is 18.2 Å². The smallest absolute Gasteiger partial charge is 0.272 e. The first-order chi connectivity index (χ1) is 11.5.